The van der Waals surface area contributed by atoms with Crippen LogP contribution >= 0.6 is 31.9 Å². The van der Waals surface area contributed by atoms with Crippen molar-refractivity contribution in [2.24, 2.45) is 0 Å². The Morgan fingerprint density at radius 1 is 1.15 bits per heavy atom. The van der Waals surface area contributed by atoms with Crippen LogP contribution in [0.2, 0.25) is 0 Å². The van der Waals surface area contributed by atoms with Crippen molar-refractivity contribution in [2.75, 3.05) is 0 Å². The first-order valence-corrected chi connectivity index (χ1v) is 5.74. The molecule has 1 aliphatic rings. The normalized spacial score (nSPS) is 15.7. The van der Waals surface area contributed by atoms with Gasteiger partial charge in [-0.3, -0.25) is 4.79 Å². The molecule has 13 heavy (non-hydrogen) atoms. The molecule has 0 N–H and O–H groups in total. The molecule has 1 aliphatic carbocycles. The summed E-state index contributed by atoms with van der Waals surface area (Å²) in [6, 6.07) is 4.10. The van der Waals surface area contributed by atoms with Crippen LogP contribution in [0.1, 0.15) is 17.5 Å². The molecule has 0 fully saturated rings. The van der Waals surface area contributed by atoms with E-state index in [0.717, 1.165) is 15.4 Å². The van der Waals surface area contributed by atoms with Crippen LogP contribution in [0.3, 0.4) is 0 Å². The Morgan fingerprint density at radius 2 is 1.92 bits per heavy atom. The number of hydrogen-bond acceptors (Lipinski definition) is 1. The van der Waals surface area contributed by atoms with Crippen LogP contribution in [-0.2, 0) is 17.6 Å². The molecule has 0 amide bonds. The van der Waals surface area contributed by atoms with Crippen LogP contribution in [0.5, 0.6) is 0 Å². The van der Waals surface area contributed by atoms with E-state index in [4.69, 9.17) is 0 Å². The van der Waals surface area contributed by atoms with Gasteiger partial charge in [-0.15, -0.1) is 0 Å². The van der Waals surface area contributed by atoms with Crippen LogP contribution in [0.25, 0.3) is 0 Å². The maximum atomic E-state index is 11.2. The monoisotopic (exact) mass is 302 g/mol. The summed E-state index contributed by atoms with van der Waals surface area (Å²) in [7, 11) is 0. The molecule has 3 heteroatoms. The molecule has 0 aliphatic heterocycles. The Balaban J connectivity index is 2.53. The van der Waals surface area contributed by atoms with Gasteiger partial charge < -0.3 is 0 Å². The maximum absolute atomic E-state index is 11.2. The van der Waals surface area contributed by atoms with Gasteiger partial charge >= 0.3 is 0 Å². The molecule has 1 aromatic carbocycles. The van der Waals surface area contributed by atoms with E-state index in [-0.39, 0.29) is 0 Å². The summed E-state index contributed by atoms with van der Waals surface area (Å²) < 4.78 is 2.12. The van der Waals surface area contributed by atoms with Crippen molar-refractivity contribution in [3.8, 4) is 0 Å². The second kappa shape index (κ2) is 3.54. The van der Waals surface area contributed by atoms with E-state index in [9.17, 15) is 4.79 Å². The van der Waals surface area contributed by atoms with Crippen LogP contribution in [0.15, 0.2) is 21.1 Å². The summed E-state index contributed by atoms with van der Waals surface area (Å²) in [5.41, 5.74) is 2.46. The minimum atomic E-state index is 0.343. The highest BCUT2D eigenvalue weighted by atomic mass is 79.9. The van der Waals surface area contributed by atoms with Crippen molar-refractivity contribution in [1.82, 2.24) is 0 Å². The number of carbonyl (C=O) groups excluding carboxylic acids is 1. The summed E-state index contributed by atoms with van der Waals surface area (Å²) >= 11 is 6.92. The molecular formula is C10H8Br2O. The smallest absolute Gasteiger partial charge is 0.137 e. The lowest BCUT2D eigenvalue weighted by Gasteiger charge is -2.16. The highest BCUT2D eigenvalue weighted by Crippen LogP contribution is 2.30. The van der Waals surface area contributed by atoms with E-state index < -0.39 is 0 Å². The third-order valence-electron chi connectivity index (χ3n) is 2.30. The quantitative estimate of drug-likeness (QED) is 0.719. The molecule has 0 bridgehead atoms. The zero-order valence-corrected chi connectivity index (χ0v) is 10.1. The maximum Gasteiger partial charge on any atom is 0.137 e. The predicted octanol–water partition coefficient (Wildman–Crippen LogP) is 3.27. The van der Waals surface area contributed by atoms with Crippen molar-refractivity contribution in [3.05, 3.63) is 32.2 Å². The first-order chi connectivity index (χ1) is 6.16. The van der Waals surface area contributed by atoms with Crippen LogP contribution in [0.4, 0.5) is 0 Å². The minimum Gasteiger partial charge on any atom is -0.299 e. The highest BCUT2D eigenvalue weighted by molar-refractivity contribution is 9.11. The number of benzene rings is 1. The van der Waals surface area contributed by atoms with Gasteiger partial charge in [0, 0.05) is 21.8 Å². The Morgan fingerprint density at radius 3 is 2.69 bits per heavy atom. The van der Waals surface area contributed by atoms with Crippen molar-refractivity contribution >= 4 is 37.6 Å². The molecule has 1 aromatic rings. The van der Waals surface area contributed by atoms with E-state index in [1.807, 2.05) is 6.07 Å². The molecule has 68 valence electrons. The minimum absolute atomic E-state index is 0.343. The highest BCUT2D eigenvalue weighted by Gasteiger charge is 2.18. The van der Waals surface area contributed by atoms with Crippen LogP contribution in [0, 0.1) is 0 Å². The number of halogens is 2. The number of aryl methyl sites for hydroxylation is 1. The first kappa shape index (κ1) is 9.41. The summed E-state index contributed by atoms with van der Waals surface area (Å²) in [4.78, 5) is 11.2. The topological polar surface area (TPSA) is 17.1 Å². The van der Waals surface area contributed by atoms with E-state index in [1.54, 1.807) is 0 Å². The van der Waals surface area contributed by atoms with Crippen molar-refractivity contribution in [1.29, 1.82) is 0 Å². The largest absolute Gasteiger partial charge is 0.299 e. The van der Waals surface area contributed by atoms with Gasteiger partial charge in [0.2, 0.25) is 0 Å². The summed E-state index contributed by atoms with van der Waals surface area (Å²) in [6.45, 7) is 0. The van der Waals surface area contributed by atoms with Crippen molar-refractivity contribution in [3.63, 3.8) is 0 Å². The molecular weight excluding hydrogens is 296 g/mol. The van der Waals surface area contributed by atoms with Gasteiger partial charge in [-0.2, -0.15) is 0 Å². The Labute approximate surface area is 93.8 Å². The Kier molecular flexibility index (Phi) is 2.56. The first-order valence-electron chi connectivity index (χ1n) is 4.15. The van der Waals surface area contributed by atoms with E-state index in [1.165, 1.54) is 11.1 Å². The standard InChI is InChI=1S/C10H8Br2O/c11-7-3-6-1-2-8(13)5-9(6)10(12)4-7/h3-4H,1-2,5H2. The Hall–Kier alpha value is -0.150. The van der Waals surface area contributed by atoms with Crippen LogP contribution < -0.4 is 0 Å². The Bertz CT molecular complexity index is 371. The van der Waals surface area contributed by atoms with E-state index in [0.29, 0.717) is 18.6 Å². The second-order valence-electron chi connectivity index (χ2n) is 3.24. The lowest BCUT2D eigenvalue weighted by Crippen LogP contribution is -2.13. The third-order valence-corrected chi connectivity index (χ3v) is 3.47. The SMILES string of the molecule is O=C1CCc2cc(Br)cc(Br)c2C1. The second-order valence-corrected chi connectivity index (χ2v) is 5.01. The van der Waals surface area contributed by atoms with Gasteiger partial charge in [-0.05, 0) is 29.7 Å². The van der Waals surface area contributed by atoms with Gasteiger partial charge in [0.1, 0.15) is 5.78 Å². The zero-order chi connectivity index (χ0) is 9.42. The summed E-state index contributed by atoms with van der Waals surface area (Å²) in [5.74, 6) is 0.343. The molecule has 0 aromatic heterocycles. The fourth-order valence-corrected chi connectivity index (χ4v) is 3.09. The lowest BCUT2D eigenvalue weighted by molar-refractivity contribution is -0.118. The zero-order valence-electron chi connectivity index (χ0n) is 6.94. The number of rotatable bonds is 0. The number of hydrogen-bond donors (Lipinski definition) is 0. The fraction of sp³-hybridized carbons (Fsp3) is 0.300. The van der Waals surface area contributed by atoms with E-state index in [2.05, 4.69) is 37.9 Å². The molecule has 0 heterocycles. The van der Waals surface area contributed by atoms with Gasteiger partial charge in [0.05, 0.1) is 0 Å². The molecule has 0 atom stereocenters. The number of fused-ring (bicyclic) bond motifs is 1. The lowest BCUT2D eigenvalue weighted by atomic mass is 9.91. The van der Waals surface area contributed by atoms with Crippen molar-refractivity contribution < 1.29 is 4.79 Å². The molecule has 0 spiro atoms. The predicted molar refractivity (Wildman–Crippen MR) is 58.9 cm³/mol. The van der Waals surface area contributed by atoms with Gasteiger partial charge in [-0.1, -0.05) is 31.9 Å². The molecule has 0 unspecified atom stereocenters. The molecule has 0 saturated carbocycles. The van der Waals surface area contributed by atoms with Gasteiger partial charge in [0.25, 0.3) is 0 Å². The fourth-order valence-electron chi connectivity index (χ4n) is 1.64. The number of carbonyl (C=O) groups is 1. The average molecular weight is 304 g/mol. The third kappa shape index (κ3) is 1.86. The molecule has 1 nitrogen and oxygen atoms in total. The number of ketones is 1. The molecule has 0 radical (unpaired) electrons. The molecule has 2 rings (SSSR count). The average Bonchev–Trinajstić information content (AvgIpc) is 2.06. The van der Waals surface area contributed by atoms with Crippen LogP contribution in [-0.4, -0.2) is 5.78 Å². The summed E-state index contributed by atoms with van der Waals surface area (Å²) in [5, 5.41) is 0. The molecule has 0 saturated heterocycles. The van der Waals surface area contributed by atoms with E-state index >= 15 is 0 Å². The number of Topliss-reactive ketones (excluding diaryl/α,β-unsaturated/α-hetero) is 1. The summed E-state index contributed by atoms with van der Waals surface area (Å²) in [6.07, 6.45) is 2.16. The van der Waals surface area contributed by atoms with Crippen molar-refractivity contribution in [2.45, 2.75) is 19.3 Å². The van der Waals surface area contributed by atoms with Gasteiger partial charge in [-0.25, -0.2) is 0 Å². The van der Waals surface area contributed by atoms with Gasteiger partial charge in [0.15, 0.2) is 0 Å².